The third-order valence-electron chi connectivity index (χ3n) is 2.51. The molecule has 4 heteroatoms. The van der Waals surface area contributed by atoms with Crippen LogP contribution in [0.5, 0.6) is 5.75 Å². The number of hydrogen-bond acceptors (Lipinski definition) is 3. The van der Waals surface area contributed by atoms with Crippen LogP contribution in [0.25, 0.3) is 0 Å². The lowest BCUT2D eigenvalue weighted by atomic mass is 10.00. The van der Waals surface area contributed by atoms with Gasteiger partial charge in [0, 0.05) is 0 Å². The van der Waals surface area contributed by atoms with Crippen molar-refractivity contribution in [2.45, 2.75) is 20.3 Å². The summed E-state index contributed by atoms with van der Waals surface area (Å²) in [7, 11) is 1.67. The van der Waals surface area contributed by atoms with E-state index in [9.17, 15) is 0 Å². The van der Waals surface area contributed by atoms with Gasteiger partial charge in [-0.1, -0.05) is 0 Å². The van der Waals surface area contributed by atoms with Gasteiger partial charge in [-0.3, -0.25) is 0 Å². The molecule has 3 nitrogen and oxygen atoms in total. The van der Waals surface area contributed by atoms with Gasteiger partial charge in [0.15, 0.2) is 0 Å². The smallest absolute Gasteiger partial charge is 0.133 e. The molecule has 1 aromatic rings. The lowest BCUT2D eigenvalue weighted by Crippen LogP contribution is -2.06. The van der Waals surface area contributed by atoms with E-state index in [0.717, 1.165) is 16.6 Å². The van der Waals surface area contributed by atoms with Gasteiger partial charge in [-0.15, -0.1) is 0 Å². The summed E-state index contributed by atoms with van der Waals surface area (Å²) in [5.74, 6) is 5.90. The first-order valence-electron chi connectivity index (χ1n) is 4.76. The first-order valence-corrected chi connectivity index (χ1v) is 5.55. The summed E-state index contributed by atoms with van der Waals surface area (Å²) < 4.78 is 6.27. The van der Waals surface area contributed by atoms with E-state index in [1.807, 2.05) is 6.07 Å². The van der Waals surface area contributed by atoms with Crippen LogP contribution in [0.1, 0.15) is 16.7 Å². The van der Waals surface area contributed by atoms with Gasteiger partial charge in [0.2, 0.25) is 0 Å². The fourth-order valence-electron chi connectivity index (χ4n) is 1.65. The average Bonchev–Trinajstić information content (AvgIpc) is 2.23. The summed E-state index contributed by atoms with van der Waals surface area (Å²) in [6, 6.07) is 2.02. The molecule has 0 aromatic heterocycles. The van der Waals surface area contributed by atoms with Crippen molar-refractivity contribution in [2.24, 2.45) is 5.90 Å². The topological polar surface area (TPSA) is 44.5 Å². The second kappa shape index (κ2) is 5.49. The Morgan fingerprint density at radius 3 is 2.60 bits per heavy atom. The number of halogens is 1. The molecule has 0 fully saturated rings. The Morgan fingerprint density at radius 2 is 2.07 bits per heavy atom. The fourth-order valence-corrected chi connectivity index (χ4v) is 2.17. The van der Waals surface area contributed by atoms with Crippen LogP contribution in [-0.2, 0) is 11.3 Å². The van der Waals surface area contributed by atoms with Crippen molar-refractivity contribution in [3.8, 4) is 5.75 Å². The Kier molecular flexibility index (Phi) is 4.57. The Balaban J connectivity index is 3.11. The monoisotopic (exact) mass is 273 g/mol. The maximum absolute atomic E-state index is 5.26. The number of rotatable bonds is 4. The van der Waals surface area contributed by atoms with E-state index in [-0.39, 0.29) is 0 Å². The minimum Gasteiger partial charge on any atom is -0.496 e. The zero-order chi connectivity index (χ0) is 11.4. The van der Waals surface area contributed by atoms with Crippen LogP contribution in [0.3, 0.4) is 0 Å². The Labute approximate surface area is 98.6 Å². The molecule has 0 saturated carbocycles. The Bertz CT molecular complexity index is 353. The predicted molar refractivity (Wildman–Crippen MR) is 64.0 cm³/mol. The Morgan fingerprint density at radius 1 is 1.40 bits per heavy atom. The zero-order valence-corrected chi connectivity index (χ0v) is 10.8. The Hall–Kier alpha value is -0.580. The number of hydrogen-bond donors (Lipinski definition) is 1. The highest BCUT2D eigenvalue weighted by Gasteiger charge is 2.11. The quantitative estimate of drug-likeness (QED) is 0.858. The van der Waals surface area contributed by atoms with Crippen LogP contribution in [0, 0.1) is 13.8 Å². The maximum Gasteiger partial charge on any atom is 0.133 e. The van der Waals surface area contributed by atoms with Crippen molar-refractivity contribution in [1.82, 2.24) is 0 Å². The largest absolute Gasteiger partial charge is 0.496 e. The van der Waals surface area contributed by atoms with E-state index in [2.05, 4.69) is 34.6 Å². The molecule has 0 saturated heterocycles. The van der Waals surface area contributed by atoms with Crippen molar-refractivity contribution < 1.29 is 9.57 Å². The average molecular weight is 274 g/mol. The van der Waals surface area contributed by atoms with Gasteiger partial charge >= 0.3 is 0 Å². The highest BCUT2D eigenvalue weighted by atomic mass is 79.9. The molecule has 84 valence electrons. The molecule has 2 N–H and O–H groups in total. The first kappa shape index (κ1) is 12.5. The second-order valence-electron chi connectivity index (χ2n) is 3.43. The van der Waals surface area contributed by atoms with Crippen LogP contribution in [-0.4, -0.2) is 13.7 Å². The molecule has 0 aliphatic rings. The third kappa shape index (κ3) is 2.71. The SMILES string of the molecule is COc1cc(C)c(CCON)c(C)c1Br. The first-order chi connectivity index (χ1) is 7.11. The lowest BCUT2D eigenvalue weighted by molar-refractivity contribution is 0.141. The van der Waals surface area contributed by atoms with Crippen LogP contribution in [0.4, 0.5) is 0 Å². The number of nitrogens with two attached hydrogens (primary N) is 1. The molecule has 0 bridgehead atoms. The van der Waals surface area contributed by atoms with Crippen LogP contribution < -0.4 is 10.6 Å². The highest BCUT2D eigenvalue weighted by Crippen LogP contribution is 2.33. The number of aryl methyl sites for hydroxylation is 1. The molecule has 0 aliphatic heterocycles. The number of methoxy groups -OCH3 is 1. The molecule has 0 spiro atoms. The summed E-state index contributed by atoms with van der Waals surface area (Å²) in [4.78, 5) is 4.61. The van der Waals surface area contributed by atoms with E-state index in [4.69, 9.17) is 10.6 Å². The van der Waals surface area contributed by atoms with Gasteiger partial charge in [-0.2, -0.15) is 0 Å². The van der Waals surface area contributed by atoms with Gasteiger partial charge in [-0.25, -0.2) is 5.90 Å². The molecule has 0 atom stereocenters. The summed E-state index contributed by atoms with van der Waals surface area (Å²) >= 11 is 3.52. The third-order valence-corrected chi connectivity index (χ3v) is 3.50. The number of benzene rings is 1. The van der Waals surface area contributed by atoms with Gasteiger partial charge in [0.05, 0.1) is 18.2 Å². The fraction of sp³-hybridized carbons (Fsp3) is 0.455. The molecule has 0 unspecified atom stereocenters. The van der Waals surface area contributed by atoms with Gasteiger partial charge in [0.1, 0.15) is 5.75 Å². The number of ether oxygens (including phenoxy) is 1. The summed E-state index contributed by atoms with van der Waals surface area (Å²) in [5.41, 5.74) is 3.64. The lowest BCUT2D eigenvalue weighted by Gasteiger charge is -2.14. The molecule has 1 rings (SSSR count). The van der Waals surface area contributed by atoms with Gasteiger partial charge in [-0.05, 0) is 59.0 Å². The van der Waals surface area contributed by atoms with Crippen molar-refractivity contribution in [3.63, 3.8) is 0 Å². The summed E-state index contributed by atoms with van der Waals surface area (Å²) in [6.45, 7) is 4.65. The minimum atomic E-state index is 0.528. The highest BCUT2D eigenvalue weighted by molar-refractivity contribution is 9.10. The molecule has 1 aromatic carbocycles. The molecule has 15 heavy (non-hydrogen) atoms. The molecule has 0 heterocycles. The van der Waals surface area contributed by atoms with Gasteiger partial charge in [0.25, 0.3) is 0 Å². The second-order valence-corrected chi connectivity index (χ2v) is 4.23. The van der Waals surface area contributed by atoms with E-state index in [0.29, 0.717) is 6.61 Å². The van der Waals surface area contributed by atoms with Crippen LogP contribution in [0.15, 0.2) is 10.5 Å². The molecule has 0 aliphatic carbocycles. The molecule has 0 radical (unpaired) electrons. The molecular weight excluding hydrogens is 258 g/mol. The van der Waals surface area contributed by atoms with Crippen LogP contribution in [0.2, 0.25) is 0 Å². The van der Waals surface area contributed by atoms with E-state index in [1.165, 1.54) is 16.7 Å². The molecule has 0 amide bonds. The van der Waals surface area contributed by atoms with E-state index >= 15 is 0 Å². The van der Waals surface area contributed by atoms with Crippen molar-refractivity contribution in [3.05, 3.63) is 27.2 Å². The minimum absolute atomic E-state index is 0.528. The maximum atomic E-state index is 5.26. The van der Waals surface area contributed by atoms with Crippen molar-refractivity contribution in [1.29, 1.82) is 0 Å². The van der Waals surface area contributed by atoms with Gasteiger partial charge < -0.3 is 9.57 Å². The normalized spacial score (nSPS) is 10.5. The predicted octanol–water partition coefficient (Wildman–Crippen LogP) is 2.51. The van der Waals surface area contributed by atoms with Crippen molar-refractivity contribution in [2.75, 3.05) is 13.7 Å². The summed E-state index contributed by atoms with van der Waals surface area (Å²) in [5, 5.41) is 0. The summed E-state index contributed by atoms with van der Waals surface area (Å²) in [6.07, 6.45) is 0.816. The zero-order valence-electron chi connectivity index (χ0n) is 9.26. The van der Waals surface area contributed by atoms with Crippen LogP contribution >= 0.6 is 15.9 Å². The van der Waals surface area contributed by atoms with E-state index in [1.54, 1.807) is 7.11 Å². The standard InChI is InChI=1S/C11H16BrNO2/c1-7-6-10(14-3)11(12)8(2)9(7)4-5-15-13/h6H,4-5,13H2,1-3H3. The van der Waals surface area contributed by atoms with Crippen molar-refractivity contribution >= 4 is 15.9 Å². The van der Waals surface area contributed by atoms with E-state index < -0.39 is 0 Å². The molecular formula is C11H16BrNO2.